The Kier molecular flexibility index (Phi) is 4.53. The molecule has 1 aromatic heterocycles. The first-order chi connectivity index (χ1) is 8.81. The number of rotatable bonds is 6. The third kappa shape index (κ3) is 3.44. The lowest BCUT2D eigenvalue weighted by atomic mass is 10.1. The van der Waals surface area contributed by atoms with Crippen molar-refractivity contribution in [3.63, 3.8) is 0 Å². The Balaban J connectivity index is 1.97. The number of benzene rings is 1. The van der Waals surface area contributed by atoms with Gasteiger partial charge in [0.15, 0.2) is 0 Å². The largest absolute Gasteiger partial charge is 0.313 e. The molecule has 0 saturated heterocycles. The summed E-state index contributed by atoms with van der Waals surface area (Å²) >= 11 is 0. The maximum atomic E-state index is 4.38. The van der Waals surface area contributed by atoms with E-state index in [-0.39, 0.29) is 0 Å². The number of hydrogen-bond donors (Lipinski definition) is 1. The van der Waals surface area contributed by atoms with Crippen molar-refractivity contribution in [1.29, 1.82) is 0 Å². The molecule has 0 unspecified atom stereocenters. The van der Waals surface area contributed by atoms with Gasteiger partial charge in [0.2, 0.25) is 0 Å². The van der Waals surface area contributed by atoms with Crippen LogP contribution in [0.4, 0.5) is 0 Å². The van der Waals surface area contributed by atoms with E-state index in [2.05, 4.69) is 54.7 Å². The molecular formula is C15H21N3. The molecule has 0 saturated carbocycles. The smallest absolute Gasteiger partial charge is 0.0659 e. The van der Waals surface area contributed by atoms with Crippen LogP contribution in [0.25, 0.3) is 0 Å². The molecular weight excluding hydrogens is 222 g/mol. The van der Waals surface area contributed by atoms with Gasteiger partial charge in [-0.15, -0.1) is 0 Å². The highest BCUT2D eigenvalue weighted by molar-refractivity contribution is 5.22. The first-order valence-corrected chi connectivity index (χ1v) is 6.61. The Morgan fingerprint density at radius 1 is 1.06 bits per heavy atom. The standard InChI is InChI=1S/C15H21N3/c1-3-13-5-7-14(8-6-13)11-18-12-15(10-17-18)9-16-4-2/h5-8,10,12,16H,3-4,9,11H2,1-2H3. The van der Waals surface area contributed by atoms with Crippen molar-refractivity contribution in [2.75, 3.05) is 6.54 Å². The maximum Gasteiger partial charge on any atom is 0.0659 e. The van der Waals surface area contributed by atoms with E-state index in [9.17, 15) is 0 Å². The molecule has 0 aliphatic rings. The molecule has 1 heterocycles. The molecule has 3 heteroatoms. The van der Waals surface area contributed by atoms with Crippen LogP contribution in [0, 0.1) is 0 Å². The van der Waals surface area contributed by atoms with Crippen molar-refractivity contribution >= 4 is 0 Å². The first-order valence-electron chi connectivity index (χ1n) is 6.61. The minimum absolute atomic E-state index is 0.843. The Bertz CT molecular complexity index is 471. The maximum absolute atomic E-state index is 4.38. The van der Waals surface area contributed by atoms with E-state index in [0.717, 1.165) is 26.1 Å². The Morgan fingerprint density at radius 3 is 2.44 bits per heavy atom. The summed E-state index contributed by atoms with van der Waals surface area (Å²) in [7, 11) is 0. The van der Waals surface area contributed by atoms with Gasteiger partial charge in [0.05, 0.1) is 12.7 Å². The molecule has 3 nitrogen and oxygen atoms in total. The fourth-order valence-electron chi connectivity index (χ4n) is 1.92. The molecule has 2 aromatic rings. The number of aryl methyl sites for hydroxylation is 1. The predicted molar refractivity (Wildman–Crippen MR) is 74.5 cm³/mol. The minimum Gasteiger partial charge on any atom is -0.313 e. The van der Waals surface area contributed by atoms with E-state index in [4.69, 9.17) is 0 Å². The Hall–Kier alpha value is -1.61. The zero-order chi connectivity index (χ0) is 12.8. The van der Waals surface area contributed by atoms with Crippen LogP contribution in [0.5, 0.6) is 0 Å². The predicted octanol–water partition coefficient (Wildman–Crippen LogP) is 2.60. The molecule has 18 heavy (non-hydrogen) atoms. The molecule has 0 spiro atoms. The van der Waals surface area contributed by atoms with E-state index < -0.39 is 0 Å². The third-order valence-electron chi connectivity index (χ3n) is 3.04. The van der Waals surface area contributed by atoms with Crippen molar-refractivity contribution in [3.05, 3.63) is 53.3 Å². The van der Waals surface area contributed by atoms with Crippen molar-refractivity contribution in [2.45, 2.75) is 33.4 Å². The molecule has 0 radical (unpaired) electrons. The monoisotopic (exact) mass is 243 g/mol. The number of nitrogens with zero attached hydrogens (tertiary/aromatic N) is 2. The number of nitrogens with one attached hydrogen (secondary N) is 1. The van der Waals surface area contributed by atoms with Gasteiger partial charge in [-0.2, -0.15) is 5.10 Å². The topological polar surface area (TPSA) is 29.9 Å². The van der Waals surface area contributed by atoms with E-state index in [1.54, 1.807) is 0 Å². The average molecular weight is 243 g/mol. The van der Waals surface area contributed by atoms with Gasteiger partial charge in [-0.1, -0.05) is 38.1 Å². The molecule has 0 bridgehead atoms. The third-order valence-corrected chi connectivity index (χ3v) is 3.04. The molecule has 0 aliphatic carbocycles. The second-order valence-corrected chi connectivity index (χ2v) is 4.50. The SMILES string of the molecule is CCNCc1cnn(Cc2ccc(CC)cc2)c1. The Labute approximate surface area is 109 Å². The van der Waals surface area contributed by atoms with Crippen LogP contribution in [0.2, 0.25) is 0 Å². The lowest BCUT2D eigenvalue weighted by Gasteiger charge is -2.03. The second kappa shape index (κ2) is 6.36. The summed E-state index contributed by atoms with van der Waals surface area (Å²) in [5.74, 6) is 0. The summed E-state index contributed by atoms with van der Waals surface area (Å²) in [5, 5.41) is 7.69. The van der Waals surface area contributed by atoms with Gasteiger partial charge in [0.1, 0.15) is 0 Å². The van der Waals surface area contributed by atoms with Crippen LogP contribution in [-0.4, -0.2) is 16.3 Å². The Morgan fingerprint density at radius 2 is 1.78 bits per heavy atom. The highest BCUT2D eigenvalue weighted by Gasteiger charge is 1.99. The summed E-state index contributed by atoms with van der Waals surface area (Å²) in [6.07, 6.45) is 5.13. The molecule has 0 amide bonds. The summed E-state index contributed by atoms with van der Waals surface area (Å²) in [4.78, 5) is 0. The lowest BCUT2D eigenvalue weighted by molar-refractivity contribution is 0.682. The van der Waals surface area contributed by atoms with E-state index in [1.165, 1.54) is 16.7 Å². The van der Waals surface area contributed by atoms with Gasteiger partial charge in [-0.25, -0.2) is 0 Å². The first kappa shape index (κ1) is 12.8. The zero-order valence-electron chi connectivity index (χ0n) is 11.2. The van der Waals surface area contributed by atoms with Crippen LogP contribution in [0.15, 0.2) is 36.7 Å². The number of aromatic nitrogens is 2. The summed E-state index contributed by atoms with van der Waals surface area (Å²) in [5.41, 5.74) is 3.92. The van der Waals surface area contributed by atoms with Gasteiger partial charge in [0.25, 0.3) is 0 Å². The highest BCUT2D eigenvalue weighted by Crippen LogP contribution is 2.07. The molecule has 2 rings (SSSR count). The second-order valence-electron chi connectivity index (χ2n) is 4.50. The molecule has 0 aliphatic heterocycles. The number of hydrogen-bond acceptors (Lipinski definition) is 2. The minimum atomic E-state index is 0.843. The summed E-state index contributed by atoms with van der Waals surface area (Å²) in [6.45, 7) is 7.01. The van der Waals surface area contributed by atoms with Crippen molar-refractivity contribution in [3.8, 4) is 0 Å². The van der Waals surface area contributed by atoms with Crippen LogP contribution < -0.4 is 5.32 Å². The van der Waals surface area contributed by atoms with Gasteiger partial charge in [-0.3, -0.25) is 4.68 Å². The summed E-state index contributed by atoms with van der Waals surface area (Å²) in [6, 6.07) is 8.76. The van der Waals surface area contributed by atoms with E-state index >= 15 is 0 Å². The van der Waals surface area contributed by atoms with E-state index in [1.807, 2.05) is 10.9 Å². The molecule has 0 atom stereocenters. The van der Waals surface area contributed by atoms with E-state index in [0.29, 0.717) is 0 Å². The van der Waals surface area contributed by atoms with Crippen LogP contribution in [0.1, 0.15) is 30.5 Å². The van der Waals surface area contributed by atoms with Gasteiger partial charge < -0.3 is 5.32 Å². The quantitative estimate of drug-likeness (QED) is 0.845. The van der Waals surface area contributed by atoms with Crippen LogP contribution >= 0.6 is 0 Å². The fourth-order valence-corrected chi connectivity index (χ4v) is 1.92. The summed E-state index contributed by atoms with van der Waals surface area (Å²) < 4.78 is 1.99. The molecule has 0 fully saturated rings. The van der Waals surface area contributed by atoms with Crippen molar-refractivity contribution in [2.24, 2.45) is 0 Å². The van der Waals surface area contributed by atoms with Crippen LogP contribution in [0.3, 0.4) is 0 Å². The van der Waals surface area contributed by atoms with Crippen molar-refractivity contribution < 1.29 is 0 Å². The van der Waals surface area contributed by atoms with Crippen LogP contribution in [-0.2, 0) is 19.5 Å². The highest BCUT2D eigenvalue weighted by atomic mass is 15.3. The lowest BCUT2D eigenvalue weighted by Crippen LogP contribution is -2.11. The van der Waals surface area contributed by atoms with Gasteiger partial charge >= 0.3 is 0 Å². The molecule has 96 valence electrons. The fraction of sp³-hybridized carbons (Fsp3) is 0.400. The average Bonchev–Trinajstić information content (AvgIpc) is 2.85. The molecule has 1 aromatic carbocycles. The van der Waals surface area contributed by atoms with Gasteiger partial charge in [-0.05, 0) is 24.1 Å². The zero-order valence-corrected chi connectivity index (χ0v) is 11.2. The molecule has 1 N–H and O–H groups in total. The normalized spacial score (nSPS) is 10.8. The van der Waals surface area contributed by atoms with Gasteiger partial charge in [0, 0.05) is 18.3 Å². The van der Waals surface area contributed by atoms with Crippen molar-refractivity contribution in [1.82, 2.24) is 15.1 Å².